The molecule has 1 atom stereocenters. The number of hydrazone groups is 1. The molecule has 3 heterocycles. The van der Waals surface area contributed by atoms with Gasteiger partial charge in [0.2, 0.25) is 0 Å². The standard InChI is InChI=1S/C32H27FN6O2S2/c1-21-7-5-10-25(17-21)38-29(19-34-31(41)23-8-3-2-4-9-23)35-36-32(38)43-20-30(40)39-27(22-12-14-24(33)15-13-22)18-26(37-39)28-11-6-16-42-28/h2-17,27H,18-20H2,1H3,(H,34,41). The highest BCUT2D eigenvalue weighted by Crippen LogP contribution is 2.35. The van der Waals surface area contributed by atoms with Gasteiger partial charge < -0.3 is 5.32 Å². The molecule has 11 heteroatoms. The zero-order valence-corrected chi connectivity index (χ0v) is 24.8. The lowest BCUT2D eigenvalue weighted by atomic mass is 10.0. The summed E-state index contributed by atoms with van der Waals surface area (Å²) in [4.78, 5) is 27.4. The molecule has 5 aromatic rings. The maximum absolute atomic E-state index is 13.7. The highest BCUT2D eigenvalue weighted by atomic mass is 32.2. The molecule has 0 saturated carbocycles. The average molecular weight is 611 g/mol. The smallest absolute Gasteiger partial charge is 0.253 e. The van der Waals surface area contributed by atoms with Gasteiger partial charge in [-0.25, -0.2) is 9.40 Å². The fourth-order valence-corrected chi connectivity index (χ4v) is 6.40. The second kappa shape index (κ2) is 12.7. The molecule has 1 unspecified atom stereocenters. The normalized spacial score (nSPS) is 14.5. The van der Waals surface area contributed by atoms with E-state index in [-0.39, 0.29) is 36.0 Å². The Morgan fingerprint density at radius 1 is 1.00 bits per heavy atom. The number of benzene rings is 3. The van der Waals surface area contributed by atoms with Gasteiger partial charge in [-0.1, -0.05) is 60.3 Å². The van der Waals surface area contributed by atoms with Gasteiger partial charge in [0.25, 0.3) is 11.8 Å². The van der Waals surface area contributed by atoms with Gasteiger partial charge in [0, 0.05) is 17.7 Å². The van der Waals surface area contributed by atoms with Crippen molar-refractivity contribution in [1.29, 1.82) is 0 Å². The number of nitrogens with zero attached hydrogens (tertiary/aromatic N) is 5. The minimum atomic E-state index is -0.343. The Morgan fingerprint density at radius 3 is 2.56 bits per heavy atom. The summed E-state index contributed by atoms with van der Waals surface area (Å²) < 4.78 is 15.5. The number of hydrogen-bond donors (Lipinski definition) is 1. The predicted molar refractivity (Wildman–Crippen MR) is 166 cm³/mol. The highest BCUT2D eigenvalue weighted by molar-refractivity contribution is 7.99. The second-order valence-electron chi connectivity index (χ2n) is 9.94. The summed E-state index contributed by atoms with van der Waals surface area (Å²) in [6.07, 6.45) is 0.535. The Hall–Kier alpha value is -4.61. The maximum atomic E-state index is 13.7. The molecule has 1 aliphatic heterocycles. The SMILES string of the molecule is Cc1cccc(-n2c(CNC(=O)c3ccccc3)nnc2SCC(=O)N2N=C(c3cccs3)CC2c2ccc(F)cc2)c1. The molecule has 0 bridgehead atoms. The summed E-state index contributed by atoms with van der Waals surface area (Å²) >= 11 is 2.82. The topological polar surface area (TPSA) is 92.5 Å². The molecule has 2 aromatic heterocycles. The number of amides is 2. The van der Waals surface area contributed by atoms with Crippen LogP contribution in [0.3, 0.4) is 0 Å². The van der Waals surface area contributed by atoms with Crippen molar-refractivity contribution in [2.45, 2.75) is 31.1 Å². The second-order valence-corrected chi connectivity index (χ2v) is 11.8. The molecule has 0 radical (unpaired) electrons. The molecule has 0 fully saturated rings. The van der Waals surface area contributed by atoms with Crippen molar-refractivity contribution in [3.8, 4) is 5.69 Å². The number of rotatable bonds is 9. The van der Waals surface area contributed by atoms with Crippen molar-refractivity contribution in [3.05, 3.63) is 130 Å². The van der Waals surface area contributed by atoms with Gasteiger partial charge in [-0.15, -0.1) is 21.5 Å². The van der Waals surface area contributed by atoms with Gasteiger partial charge in [-0.2, -0.15) is 5.10 Å². The van der Waals surface area contributed by atoms with E-state index < -0.39 is 0 Å². The first-order chi connectivity index (χ1) is 21.0. The number of halogens is 1. The van der Waals surface area contributed by atoms with E-state index in [1.807, 2.05) is 71.5 Å². The van der Waals surface area contributed by atoms with Gasteiger partial charge in [0.05, 0.1) is 28.9 Å². The van der Waals surface area contributed by atoms with Gasteiger partial charge in [-0.3, -0.25) is 14.2 Å². The van der Waals surface area contributed by atoms with Crippen LogP contribution in [0.2, 0.25) is 0 Å². The Morgan fingerprint density at radius 2 is 1.81 bits per heavy atom. The largest absolute Gasteiger partial charge is 0.345 e. The molecule has 0 spiro atoms. The van der Waals surface area contributed by atoms with Crippen LogP contribution in [-0.4, -0.2) is 43.1 Å². The third-order valence-electron chi connectivity index (χ3n) is 6.95. The lowest BCUT2D eigenvalue weighted by Gasteiger charge is -2.22. The van der Waals surface area contributed by atoms with Gasteiger partial charge >= 0.3 is 0 Å². The minimum Gasteiger partial charge on any atom is -0.345 e. The van der Waals surface area contributed by atoms with Crippen molar-refractivity contribution in [2.24, 2.45) is 5.10 Å². The zero-order valence-electron chi connectivity index (χ0n) is 23.2. The molecule has 3 aromatic carbocycles. The highest BCUT2D eigenvalue weighted by Gasteiger charge is 2.33. The molecule has 2 amide bonds. The van der Waals surface area contributed by atoms with Gasteiger partial charge in [-0.05, 0) is 65.9 Å². The summed E-state index contributed by atoms with van der Waals surface area (Å²) in [6, 6.07) is 26.6. The molecule has 0 aliphatic carbocycles. The Balaban J connectivity index is 1.24. The summed E-state index contributed by atoms with van der Waals surface area (Å²) in [5.41, 5.74) is 4.06. The number of thioether (sulfide) groups is 1. The van der Waals surface area contributed by atoms with Crippen molar-refractivity contribution in [3.63, 3.8) is 0 Å². The molecular formula is C32H27FN6O2S2. The number of aromatic nitrogens is 3. The first-order valence-electron chi connectivity index (χ1n) is 13.6. The van der Waals surface area contributed by atoms with Crippen LogP contribution in [-0.2, 0) is 11.3 Å². The number of carbonyl (C=O) groups is 2. The summed E-state index contributed by atoms with van der Waals surface area (Å²) in [6.45, 7) is 2.14. The van der Waals surface area contributed by atoms with Crippen molar-refractivity contribution < 1.29 is 14.0 Å². The number of hydrogen-bond acceptors (Lipinski definition) is 7. The van der Waals surface area contributed by atoms with E-state index >= 15 is 0 Å². The number of nitrogens with one attached hydrogen (secondary N) is 1. The molecule has 8 nitrogen and oxygen atoms in total. The first-order valence-corrected chi connectivity index (χ1v) is 15.5. The third-order valence-corrected chi connectivity index (χ3v) is 8.79. The van der Waals surface area contributed by atoms with Crippen LogP contribution in [0, 0.1) is 12.7 Å². The van der Waals surface area contributed by atoms with Gasteiger partial charge in [0.1, 0.15) is 5.82 Å². The van der Waals surface area contributed by atoms with E-state index in [1.165, 1.54) is 28.9 Å². The fourth-order valence-electron chi connectivity index (χ4n) is 4.85. The van der Waals surface area contributed by atoms with Crippen LogP contribution in [0.5, 0.6) is 0 Å². The number of carbonyl (C=O) groups excluding carboxylic acids is 2. The Kier molecular flexibility index (Phi) is 8.43. The van der Waals surface area contributed by atoms with E-state index in [1.54, 1.807) is 35.6 Å². The summed E-state index contributed by atoms with van der Waals surface area (Å²) in [7, 11) is 0. The molecule has 6 rings (SSSR count). The van der Waals surface area contributed by atoms with Crippen LogP contribution < -0.4 is 5.32 Å². The van der Waals surface area contributed by atoms with Crippen molar-refractivity contribution in [1.82, 2.24) is 25.1 Å². The van der Waals surface area contributed by atoms with Gasteiger partial charge in [0.15, 0.2) is 11.0 Å². The van der Waals surface area contributed by atoms with E-state index in [9.17, 15) is 14.0 Å². The Bertz CT molecular complexity index is 1770. The molecule has 43 heavy (non-hydrogen) atoms. The minimum absolute atomic E-state index is 0.0548. The Labute approximate surface area is 256 Å². The zero-order chi connectivity index (χ0) is 29.8. The number of thiophene rings is 1. The molecule has 1 aliphatic rings. The third kappa shape index (κ3) is 6.42. The van der Waals surface area contributed by atoms with Crippen LogP contribution in [0.1, 0.15) is 44.6 Å². The lowest BCUT2D eigenvalue weighted by molar-refractivity contribution is -0.130. The fraction of sp³-hybridized carbons (Fsp3) is 0.156. The first kappa shape index (κ1) is 28.5. The molecular weight excluding hydrogens is 584 g/mol. The lowest BCUT2D eigenvalue weighted by Crippen LogP contribution is -2.28. The van der Waals surface area contributed by atoms with Crippen molar-refractivity contribution >= 4 is 40.6 Å². The van der Waals surface area contributed by atoms with Crippen LogP contribution in [0.15, 0.2) is 107 Å². The maximum Gasteiger partial charge on any atom is 0.253 e. The molecule has 0 saturated heterocycles. The van der Waals surface area contributed by atoms with Crippen LogP contribution in [0.4, 0.5) is 4.39 Å². The number of aryl methyl sites for hydroxylation is 1. The van der Waals surface area contributed by atoms with Crippen LogP contribution >= 0.6 is 23.1 Å². The van der Waals surface area contributed by atoms with Crippen LogP contribution in [0.25, 0.3) is 5.69 Å². The van der Waals surface area contributed by atoms with Crippen molar-refractivity contribution in [2.75, 3.05) is 5.75 Å². The van der Waals surface area contributed by atoms with E-state index in [0.717, 1.165) is 27.4 Å². The van der Waals surface area contributed by atoms with E-state index in [0.29, 0.717) is 23.0 Å². The molecule has 216 valence electrons. The predicted octanol–water partition coefficient (Wildman–Crippen LogP) is 6.18. The molecule has 1 N–H and O–H groups in total. The quantitative estimate of drug-likeness (QED) is 0.201. The van der Waals surface area contributed by atoms with E-state index in [4.69, 9.17) is 5.10 Å². The van der Waals surface area contributed by atoms with E-state index in [2.05, 4.69) is 15.5 Å². The monoisotopic (exact) mass is 610 g/mol. The summed E-state index contributed by atoms with van der Waals surface area (Å²) in [5, 5.41) is 20.4. The average Bonchev–Trinajstić information content (AvgIpc) is 3.80. The summed E-state index contributed by atoms with van der Waals surface area (Å²) in [5.74, 6) is -0.166.